The minimum absolute atomic E-state index is 0.00296. The van der Waals surface area contributed by atoms with Gasteiger partial charge in [0.25, 0.3) is 5.69 Å². The van der Waals surface area contributed by atoms with Gasteiger partial charge in [0, 0.05) is 24.6 Å². The quantitative estimate of drug-likeness (QED) is 0.464. The summed E-state index contributed by atoms with van der Waals surface area (Å²) in [7, 11) is -3.69. The van der Waals surface area contributed by atoms with Gasteiger partial charge in [-0.1, -0.05) is 0 Å². The second-order valence-corrected chi connectivity index (χ2v) is 6.79. The van der Waals surface area contributed by atoms with Crippen LogP contribution in [0.5, 0.6) is 11.5 Å². The lowest BCUT2D eigenvalue weighted by Gasteiger charge is -2.10. The van der Waals surface area contributed by atoms with Crippen molar-refractivity contribution in [3.05, 3.63) is 51.2 Å². The number of rotatable bonds is 4. The highest BCUT2D eigenvalue weighted by Gasteiger charge is 2.20. The van der Waals surface area contributed by atoms with Gasteiger partial charge in [0.1, 0.15) is 15.2 Å². The van der Waals surface area contributed by atoms with Crippen molar-refractivity contribution in [2.75, 3.05) is 6.26 Å². The molecule has 0 atom stereocenters. The lowest BCUT2D eigenvalue weighted by molar-refractivity contribution is -0.385. The Hall–Kier alpha value is -2.00. The molecule has 9 heteroatoms. The summed E-state index contributed by atoms with van der Waals surface area (Å²) >= 11 is 3.17. The van der Waals surface area contributed by atoms with E-state index in [4.69, 9.17) is 4.74 Å². The lowest BCUT2D eigenvalue weighted by atomic mass is 10.3. The number of nitro groups is 1. The zero-order valence-electron chi connectivity index (χ0n) is 10.7. The molecule has 0 saturated carbocycles. The average Bonchev–Trinajstić information content (AvgIpc) is 2.40. The third-order valence-corrected chi connectivity index (χ3v) is 4.20. The number of halogens is 1. The van der Waals surface area contributed by atoms with Gasteiger partial charge >= 0.3 is 0 Å². The predicted molar refractivity (Wildman–Crippen MR) is 78.2 cm³/mol. The van der Waals surface area contributed by atoms with E-state index in [1.165, 1.54) is 18.3 Å². The summed E-state index contributed by atoms with van der Waals surface area (Å²) in [6.45, 7) is 0. The molecule has 0 spiro atoms. The minimum atomic E-state index is -3.69. The van der Waals surface area contributed by atoms with Gasteiger partial charge < -0.3 is 4.74 Å². The monoisotopic (exact) mass is 372 g/mol. The fraction of sp³-hybridized carbons (Fsp3) is 0.0833. The molecule has 0 N–H and O–H groups in total. The van der Waals surface area contributed by atoms with Crippen LogP contribution in [0.1, 0.15) is 0 Å². The molecule has 7 nitrogen and oxygen atoms in total. The van der Waals surface area contributed by atoms with Gasteiger partial charge in [-0.25, -0.2) is 13.4 Å². The van der Waals surface area contributed by atoms with E-state index in [0.29, 0.717) is 10.4 Å². The van der Waals surface area contributed by atoms with E-state index in [0.717, 1.165) is 12.3 Å². The number of non-ortho nitro benzene ring substituents is 1. The molecule has 0 unspecified atom stereocenters. The Bertz CT molecular complexity index is 807. The van der Waals surface area contributed by atoms with Crippen LogP contribution in [0.25, 0.3) is 0 Å². The van der Waals surface area contributed by atoms with Gasteiger partial charge in [-0.15, -0.1) is 0 Å². The third kappa shape index (κ3) is 3.56. The Kier molecular flexibility index (Phi) is 4.24. The van der Waals surface area contributed by atoms with Crippen molar-refractivity contribution < 1.29 is 18.1 Å². The van der Waals surface area contributed by atoms with Crippen LogP contribution in [0, 0.1) is 10.1 Å². The second kappa shape index (κ2) is 5.78. The van der Waals surface area contributed by atoms with E-state index in [1.54, 1.807) is 12.1 Å². The number of hydrogen-bond donors (Lipinski definition) is 0. The van der Waals surface area contributed by atoms with E-state index in [1.807, 2.05) is 0 Å². The molecule has 0 fully saturated rings. The van der Waals surface area contributed by atoms with Crippen LogP contribution in [0.4, 0.5) is 5.69 Å². The van der Waals surface area contributed by atoms with Crippen LogP contribution in [0.3, 0.4) is 0 Å². The molecule has 21 heavy (non-hydrogen) atoms. The number of aromatic nitrogens is 1. The molecule has 0 aliphatic carbocycles. The predicted octanol–water partition coefficient (Wildman–Crippen LogP) is 2.95. The Morgan fingerprint density at radius 3 is 2.57 bits per heavy atom. The first-order chi connectivity index (χ1) is 9.79. The molecule has 0 amide bonds. The highest BCUT2D eigenvalue weighted by Crippen LogP contribution is 2.34. The number of benzene rings is 1. The van der Waals surface area contributed by atoms with E-state index < -0.39 is 14.8 Å². The molecule has 0 aliphatic rings. The topological polar surface area (TPSA) is 99.4 Å². The molecule has 110 valence electrons. The summed E-state index contributed by atoms with van der Waals surface area (Å²) in [4.78, 5) is 13.8. The van der Waals surface area contributed by atoms with Gasteiger partial charge in [0.05, 0.1) is 4.92 Å². The highest BCUT2D eigenvalue weighted by molar-refractivity contribution is 9.10. The minimum Gasteiger partial charge on any atom is -0.453 e. The zero-order valence-corrected chi connectivity index (χ0v) is 13.1. The van der Waals surface area contributed by atoms with Crippen molar-refractivity contribution in [1.82, 2.24) is 4.98 Å². The van der Waals surface area contributed by atoms with Crippen LogP contribution in [0.2, 0.25) is 0 Å². The second-order valence-electron chi connectivity index (χ2n) is 4.05. The van der Waals surface area contributed by atoms with Crippen LogP contribution in [-0.4, -0.2) is 24.6 Å². The number of nitrogens with zero attached hydrogens (tertiary/aromatic N) is 2. The fourth-order valence-corrected chi connectivity index (χ4v) is 2.69. The van der Waals surface area contributed by atoms with Gasteiger partial charge in [0.15, 0.2) is 15.6 Å². The molecule has 0 saturated heterocycles. The van der Waals surface area contributed by atoms with Crippen molar-refractivity contribution in [1.29, 1.82) is 0 Å². The first-order valence-corrected chi connectivity index (χ1v) is 8.24. The zero-order chi connectivity index (χ0) is 15.6. The van der Waals surface area contributed by atoms with Gasteiger partial charge in [-0.2, -0.15) is 0 Å². The van der Waals surface area contributed by atoms with Gasteiger partial charge in [-0.05, 0) is 34.1 Å². The van der Waals surface area contributed by atoms with Crippen LogP contribution in [0.15, 0.2) is 46.0 Å². The van der Waals surface area contributed by atoms with E-state index in [9.17, 15) is 18.5 Å². The molecule has 1 aromatic heterocycles. The molecular weight excluding hydrogens is 364 g/mol. The number of nitro benzene ring substituents is 1. The number of hydrogen-bond acceptors (Lipinski definition) is 6. The molecule has 0 aliphatic heterocycles. The summed E-state index contributed by atoms with van der Waals surface area (Å²) in [6, 6.07) is 6.59. The first-order valence-electron chi connectivity index (χ1n) is 5.56. The maximum Gasteiger partial charge on any atom is 0.271 e. The molecule has 2 aromatic rings. The summed E-state index contributed by atoms with van der Waals surface area (Å²) in [5.41, 5.74) is -0.326. The number of ether oxygens (including phenoxy) is 1. The lowest BCUT2D eigenvalue weighted by Crippen LogP contribution is -2.02. The number of sulfone groups is 1. The molecule has 2 rings (SSSR count). The Morgan fingerprint density at radius 1 is 1.29 bits per heavy atom. The highest BCUT2D eigenvalue weighted by atomic mass is 79.9. The molecular formula is C12H9BrN2O5S. The van der Waals surface area contributed by atoms with E-state index >= 15 is 0 Å². The molecule has 0 radical (unpaired) electrons. The summed E-state index contributed by atoms with van der Waals surface area (Å²) in [5, 5.41) is 10.8. The smallest absolute Gasteiger partial charge is 0.271 e. The first kappa shape index (κ1) is 15.4. The maximum atomic E-state index is 11.8. The van der Waals surface area contributed by atoms with E-state index in [2.05, 4.69) is 20.9 Å². The van der Waals surface area contributed by atoms with E-state index in [-0.39, 0.29) is 16.3 Å². The van der Waals surface area contributed by atoms with Crippen LogP contribution < -0.4 is 4.74 Å². The maximum absolute atomic E-state index is 11.8. The van der Waals surface area contributed by atoms with Gasteiger partial charge in [-0.3, -0.25) is 10.1 Å². The van der Waals surface area contributed by atoms with Gasteiger partial charge in [0.2, 0.25) is 0 Å². The molecule has 0 bridgehead atoms. The summed E-state index contributed by atoms with van der Waals surface area (Å²) < 4.78 is 29.4. The summed E-state index contributed by atoms with van der Waals surface area (Å²) in [5.74, 6) is 0.299. The van der Waals surface area contributed by atoms with Crippen molar-refractivity contribution in [2.45, 2.75) is 4.90 Å². The normalized spacial score (nSPS) is 11.1. The van der Waals surface area contributed by atoms with Crippen LogP contribution >= 0.6 is 15.9 Å². The molecule has 1 aromatic carbocycles. The average molecular weight is 373 g/mol. The Labute approximate surface area is 128 Å². The Morgan fingerprint density at radius 2 is 2.00 bits per heavy atom. The van der Waals surface area contributed by atoms with Crippen molar-refractivity contribution in [3.8, 4) is 11.5 Å². The van der Waals surface area contributed by atoms with Crippen LogP contribution in [-0.2, 0) is 9.84 Å². The SMILES string of the molecule is CS(=O)(=O)c1cc([N+](=O)[O-])ccc1Oc1cccnc1Br. The Balaban J connectivity index is 2.54. The van der Waals surface area contributed by atoms with Crippen molar-refractivity contribution >= 4 is 31.5 Å². The van der Waals surface area contributed by atoms with Crippen molar-refractivity contribution in [2.24, 2.45) is 0 Å². The number of pyridine rings is 1. The van der Waals surface area contributed by atoms with Crippen molar-refractivity contribution in [3.63, 3.8) is 0 Å². The largest absolute Gasteiger partial charge is 0.453 e. The molecule has 1 heterocycles. The third-order valence-electron chi connectivity index (χ3n) is 2.48. The summed E-state index contributed by atoms with van der Waals surface area (Å²) in [6.07, 6.45) is 2.49. The standard InChI is InChI=1S/C12H9BrN2O5S/c1-21(18,19)11-7-8(15(16)17)4-5-9(11)20-10-3-2-6-14-12(10)13/h2-7H,1H3. The fourth-order valence-electron chi connectivity index (χ4n) is 1.55.